The van der Waals surface area contributed by atoms with E-state index in [9.17, 15) is 0 Å². The van der Waals surface area contributed by atoms with Gasteiger partial charge in [0.25, 0.3) is 0 Å². The number of H-pyrrole nitrogens is 4. The van der Waals surface area contributed by atoms with E-state index >= 15 is 0 Å². The molecular weight excluding hydrogens is 1840 g/mol. The Balaban J connectivity index is 0.989. The van der Waals surface area contributed by atoms with Gasteiger partial charge in [-0.15, -0.1) is 0 Å². The number of hydrogen-bond donors (Lipinski definition) is 4. The minimum atomic E-state index is -0.279. The molecule has 8 aromatic carbocycles. The zero-order chi connectivity index (χ0) is 104. The van der Waals surface area contributed by atoms with Gasteiger partial charge in [-0.25, -0.2) is 19.9 Å². The fourth-order valence-corrected chi connectivity index (χ4v) is 20.6. The van der Waals surface area contributed by atoms with Crippen LogP contribution in [0, 0.1) is 0 Å². The first-order valence-electron chi connectivity index (χ1n) is 53.0. The summed E-state index contributed by atoms with van der Waals surface area (Å²) in [6.07, 6.45) is 8.82. The minimum absolute atomic E-state index is 0.246. The van der Waals surface area contributed by atoms with E-state index < -0.39 is 0 Å². The molecule has 0 saturated heterocycles. The van der Waals surface area contributed by atoms with Gasteiger partial charge in [-0.1, -0.05) is 251 Å². The van der Waals surface area contributed by atoms with E-state index in [1.807, 2.05) is 12.1 Å². The molecule has 0 aliphatic carbocycles. The summed E-state index contributed by atoms with van der Waals surface area (Å²) >= 11 is 0. The summed E-state index contributed by atoms with van der Waals surface area (Å²) in [6, 6.07) is 59.9. The third-order valence-electron chi connectivity index (χ3n) is 29.2. The molecule has 770 valence electrons. The van der Waals surface area contributed by atoms with Gasteiger partial charge in [-0.05, 0) is 218 Å². The molecule has 4 aliphatic rings. The van der Waals surface area contributed by atoms with Crippen molar-refractivity contribution in [3.8, 4) is 89.8 Å². The van der Waals surface area contributed by atoms with Gasteiger partial charge in [-0.3, -0.25) is 0 Å². The van der Waals surface area contributed by atoms with Gasteiger partial charge in [-0.2, -0.15) is 0 Å². The summed E-state index contributed by atoms with van der Waals surface area (Å²) in [7, 11) is 0. The van der Waals surface area contributed by atoms with E-state index in [4.69, 9.17) is 76.8 Å². The lowest BCUT2D eigenvalue weighted by Crippen LogP contribution is -2.16. The fourth-order valence-electron chi connectivity index (χ4n) is 20.6. The van der Waals surface area contributed by atoms with Crippen molar-refractivity contribution in [1.82, 2.24) is 39.9 Å². The molecule has 0 saturated carbocycles. The average molecular weight is 1990 g/mol. The Hall–Kier alpha value is -12.6. The van der Waals surface area contributed by atoms with Crippen LogP contribution in [0.25, 0.3) is 190 Å². The molecule has 4 N–H and O–H groups in total. The molecule has 20 nitrogen and oxygen atoms in total. The van der Waals surface area contributed by atoms with Crippen LogP contribution >= 0.6 is 0 Å². The summed E-state index contributed by atoms with van der Waals surface area (Å²) in [6.45, 7) is 63.2. The highest BCUT2D eigenvalue weighted by Crippen LogP contribution is 2.53. The lowest BCUT2D eigenvalue weighted by atomic mass is 9.78. The van der Waals surface area contributed by atoms with Crippen LogP contribution in [-0.2, 0) is 81.2 Å². The quantitative estimate of drug-likeness (QED) is 0.121. The van der Waals surface area contributed by atoms with Crippen molar-refractivity contribution in [1.29, 1.82) is 0 Å². The number of nitrogens with zero attached hydrogens (tertiary/aromatic N) is 4. The van der Waals surface area contributed by atoms with Gasteiger partial charge < -0.3 is 76.8 Å². The minimum Gasteiger partial charge on any atom is -0.487 e. The molecular formula is C128H146N8O12. The maximum absolute atomic E-state index is 6.87. The van der Waals surface area contributed by atoms with Crippen LogP contribution in [0.3, 0.4) is 0 Å². The second-order valence-corrected chi connectivity index (χ2v) is 48.6. The molecule has 12 heterocycles. The van der Waals surface area contributed by atoms with Crippen molar-refractivity contribution in [3.05, 3.63) is 225 Å². The number of aromatic amines is 4. The number of hydrogen-bond acceptors (Lipinski definition) is 16. The lowest BCUT2D eigenvalue weighted by molar-refractivity contribution is -0.00841. The third-order valence-corrected chi connectivity index (χ3v) is 29.2. The topological polar surface area (TPSA) is 225 Å². The number of fused-ring (bicyclic) bond motifs is 16. The Labute approximate surface area is 870 Å². The van der Waals surface area contributed by atoms with Gasteiger partial charge in [0.15, 0.2) is 23.0 Å². The zero-order valence-corrected chi connectivity index (χ0v) is 91.2. The largest absolute Gasteiger partial charge is 0.487 e. The smallest absolute Gasteiger partial charge is 0.161 e. The van der Waals surface area contributed by atoms with Gasteiger partial charge >= 0.3 is 0 Å². The predicted molar refractivity (Wildman–Crippen MR) is 608 cm³/mol. The Morgan fingerprint density at radius 2 is 0.426 bits per heavy atom. The highest BCUT2D eigenvalue weighted by atomic mass is 16.6. The standard InChI is InChI=1S/C128H146N8O12/c1-121(2,3)81-57-77(58-82(67-81)122(4,5)6)111-97-31-27-93(129-97)109(75-25-35-105-107(65-75)147-55-51-143-47-43-139-39-37-137-41-45-141-49-53-145-105)94-28-32-98(130-94)113(79-61-85(125(13,14)15)69-86(62-79)126(16,17)18)103-73-91-92-74-104-114(80-63-87(127(19,20)21)70-88(64-80)128(22,23)24)100-34-30-96(132-100)110(76-26-36-106-108(66-76)148-56-52-144-48-44-140-40-38-138-42-46-142-50-54-146-106)95-29-33-99(131-95)112(78-59-83(123(7,8)9)68-84(60-78)124(10,11)12)102-72-90-89-71-101(111)133-117(89)115(119(91)135-103)116(118(90)134-102)120(92)136-104/h25-36,57-74,129,131,135-136H,37-56H2,1-24H3. The summed E-state index contributed by atoms with van der Waals surface area (Å²) in [5.41, 5.74) is 31.5. The maximum Gasteiger partial charge on any atom is 0.161 e. The van der Waals surface area contributed by atoms with E-state index in [2.05, 4.69) is 356 Å². The van der Waals surface area contributed by atoms with Crippen LogP contribution in [0.1, 0.15) is 233 Å². The van der Waals surface area contributed by atoms with E-state index in [0.29, 0.717) is 129 Å². The van der Waals surface area contributed by atoms with Gasteiger partial charge in [0, 0.05) is 98.8 Å². The SMILES string of the molecule is CC(C)(C)c1cc(-c2c3nc(c(-c4ccc5c(c4)OCCOCCOCCOCCOCCO5)c4ccc([nH]4)c(-c4cc(C(C)(C)C)cc(C(C)(C)C)c4)c4cc5c6cc7nc6c6c8[nH]c(cc8c8cc2[nH]c8c6c5n4)c(-c2cc(C(C)(C)C)cc(C(C)(C)C)c2)c2nc(c(-c4ccc5c(c4)OCCOCCOCCOCCOCCO5)c4ccc([nH]4)c7-c4cc(C(C)(C)C)cc(C(C)(C)C)c4)C=C2)C=C3)cc(C(C)(C)C)c1. The maximum atomic E-state index is 6.87. The van der Waals surface area contributed by atoms with E-state index in [-0.39, 0.29) is 69.7 Å². The Morgan fingerprint density at radius 1 is 0.196 bits per heavy atom. The van der Waals surface area contributed by atoms with Crippen LogP contribution in [-0.4, -0.2) is 172 Å². The monoisotopic (exact) mass is 1990 g/mol. The first-order chi connectivity index (χ1) is 70.4. The normalized spacial score (nSPS) is 15.9. The molecule has 4 aliphatic heterocycles. The van der Waals surface area contributed by atoms with Crippen molar-refractivity contribution in [2.75, 3.05) is 132 Å². The van der Waals surface area contributed by atoms with Crippen LogP contribution < -0.4 is 18.9 Å². The van der Waals surface area contributed by atoms with Crippen LogP contribution in [0.2, 0.25) is 0 Å². The highest BCUT2D eigenvalue weighted by Gasteiger charge is 2.34. The number of ether oxygens (including phenoxy) is 12. The summed E-state index contributed by atoms with van der Waals surface area (Å²) in [5, 5.41) is 5.66. The van der Waals surface area contributed by atoms with Gasteiger partial charge in [0.2, 0.25) is 0 Å². The zero-order valence-electron chi connectivity index (χ0n) is 91.2. The first-order valence-corrected chi connectivity index (χ1v) is 53.0. The van der Waals surface area contributed by atoms with Crippen molar-refractivity contribution >= 4 is 123 Å². The fraction of sp³-hybridized carbons (Fsp3) is 0.406. The first kappa shape index (κ1) is 103. The molecule has 0 unspecified atom stereocenters. The van der Waals surface area contributed by atoms with Crippen molar-refractivity contribution in [3.63, 3.8) is 0 Å². The second kappa shape index (κ2) is 40.4. The highest BCUT2D eigenvalue weighted by molar-refractivity contribution is 6.40. The molecule has 20 rings (SSSR count). The molecule has 148 heavy (non-hydrogen) atoms. The summed E-state index contributed by atoms with van der Waals surface area (Å²) < 4.78 is 75.0. The van der Waals surface area contributed by atoms with Crippen molar-refractivity contribution in [2.45, 2.75) is 209 Å². The van der Waals surface area contributed by atoms with Gasteiger partial charge in [0.1, 0.15) is 26.4 Å². The molecule has 16 aromatic rings. The second-order valence-electron chi connectivity index (χ2n) is 48.6. The molecule has 16 bridgehead atoms. The number of rotatable bonds is 6. The Bertz CT molecular complexity index is 7430. The molecule has 0 spiro atoms. The Kier molecular flexibility index (Phi) is 28.0. The lowest BCUT2D eigenvalue weighted by Gasteiger charge is -2.26. The predicted octanol–water partition coefficient (Wildman–Crippen LogP) is 29.7. The number of aromatic nitrogens is 8. The van der Waals surface area contributed by atoms with Crippen LogP contribution in [0.4, 0.5) is 0 Å². The van der Waals surface area contributed by atoms with E-state index in [1.165, 1.54) is 44.5 Å². The van der Waals surface area contributed by atoms with Crippen molar-refractivity contribution in [2.24, 2.45) is 0 Å². The third kappa shape index (κ3) is 21.3. The van der Waals surface area contributed by atoms with E-state index in [0.717, 1.165) is 188 Å². The molecule has 0 atom stereocenters. The number of nitrogens with one attached hydrogen (secondary N) is 4. The average Bonchev–Trinajstić information content (AvgIpc) is 1.52. The van der Waals surface area contributed by atoms with Crippen LogP contribution in [0.5, 0.6) is 23.0 Å². The molecule has 8 aromatic heterocycles. The molecule has 0 radical (unpaired) electrons. The summed E-state index contributed by atoms with van der Waals surface area (Å²) in [4.78, 5) is 42.5. The number of benzene rings is 8. The summed E-state index contributed by atoms with van der Waals surface area (Å²) in [5.74, 6) is 2.23. The van der Waals surface area contributed by atoms with Gasteiger partial charge in [0.05, 0.1) is 162 Å². The van der Waals surface area contributed by atoms with E-state index in [1.54, 1.807) is 0 Å². The van der Waals surface area contributed by atoms with Crippen LogP contribution in [0.15, 0.2) is 158 Å². The molecule has 0 fully saturated rings. The Morgan fingerprint density at radius 3 is 0.682 bits per heavy atom. The molecule has 0 amide bonds. The molecule has 20 heteroatoms. The van der Waals surface area contributed by atoms with Crippen molar-refractivity contribution < 1.29 is 56.8 Å².